The molecule has 0 aromatic heterocycles. The molecule has 0 fully saturated rings. The maximum absolute atomic E-state index is 12.8. The van der Waals surface area contributed by atoms with E-state index in [1.165, 1.54) is 12.1 Å². The highest BCUT2D eigenvalue weighted by Gasteiger charge is 2.00. The van der Waals surface area contributed by atoms with E-state index in [1.54, 1.807) is 0 Å². The van der Waals surface area contributed by atoms with Crippen molar-refractivity contribution in [3.05, 3.63) is 59.9 Å². The van der Waals surface area contributed by atoms with Gasteiger partial charge in [-0.2, -0.15) is 11.8 Å². The lowest BCUT2D eigenvalue weighted by Crippen LogP contribution is -2.29. The highest BCUT2D eigenvalue weighted by Crippen LogP contribution is 2.17. The molecule has 0 unspecified atom stereocenters. The van der Waals surface area contributed by atoms with Gasteiger partial charge in [-0.05, 0) is 61.1 Å². The van der Waals surface area contributed by atoms with Gasteiger partial charge in [0.05, 0.1) is 6.61 Å². The van der Waals surface area contributed by atoms with Crippen LogP contribution < -0.4 is 15.4 Å². The maximum atomic E-state index is 12.8. The lowest BCUT2D eigenvalue weighted by molar-refractivity contribution is 0.340. The maximum Gasteiger partial charge on any atom is 0.170 e. The molecule has 0 heterocycles. The van der Waals surface area contributed by atoms with Gasteiger partial charge in [-0.25, -0.2) is 4.39 Å². The van der Waals surface area contributed by atoms with Gasteiger partial charge < -0.3 is 15.4 Å². The standard InChI is InChI=1S/C19H23FN2OS2/c1-2-23-18-6-3-5-17(13-18)22-19(24)21-11-4-12-25-14-15-7-9-16(20)10-8-15/h3,5-10,13H,2,4,11-12,14H2,1H3,(H2,21,22,24). The third-order valence-corrected chi connectivity index (χ3v) is 4.70. The minimum atomic E-state index is -0.189. The minimum Gasteiger partial charge on any atom is -0.494 e. The van der Waals surface area contributed by atoms with E-state index in [2.05, 4.69) is 10.6 Å². The number of thiocarbonyl (C=S) groups is 1. The van der Waals surface area contributed by atoms with Crippen LogP contribution in [-0.2, 0) is 5.75 Å². The number of hydrogen-bond donors (Lipinski definition) is 2. The van der Waals surface area contributed by atoms with Crippen LogP contribution in [0.1, 0.15) is 18.9 Å². The molecule has 0 aliphatic carbocycles. The molecule has 0 aliphatic heterocycles. The number of ether oxygens (including phenoxy) is 1. The molecule has 25 heavy (non-hydrogen) atoms. The molecule has 2 rings (SSSR count). The van der Waals surface area contributed by atoms with Gasteiger partial charge >= 0.3 is 0 Å². The predicted molar refractivity (Wildman–Crippen MR) is 109 cm³/mol. The first kappa shape index (κ1) is 19.5. The molecule has 2 N–H and O–H groups in total. The zero-order valence-corrected chi connectivity index (χ0v) is 15.9. The Morgan fingerprint density at radius 2 is 2.00 bits per heavy atom. The molecule has 0 saturated carbocycles. The van der Waals surface area contributed by atoms with E-state index in [0.29, 0.717) is 11.7 Å². The van der Waals surface area contributed by atoms with E-state index in [-0.39, 0.29) is 5.82 Å². The van der Waals surface area contributed by atoms with E-state index in [9.17, 15) is 4.39 Å². The van der Waals surface area contributed by atoms with Crippen LogP contribution in [0.3, 0.4) is 0 Å². The number of thioether (sulfide) groups is 1. The van der Waals surface area contributed by atoms with E-state index in [4.69, 9.17) is 17.0 Å². The van der Waals surface area contributed by atoms with E-state index < -0.39 is 0 Å². The topological polar surface area (TPSA) is 33.3 Å². The van der Waals surface area contributed by atoms with Crippen LogP contribution in [0.4, 0.5) is 10.1 Å². The molecule has 2 aromatic carbocycles. The van der Waals surface area contributed by atoms with Crippen LogP contribution in [0.2, 0.25) is 0 Å². The van der Waals surface area contributed by atoms with Crippen molar-refractivity contribution in [3.8, 4) is 5.75 Å². The smallest absolute Gasteiger partial charge is 0.170 e. The van der Waals surface area contributed by atoms with E-state index in [0.717, 1.165) is 41.5 Å². The molecule has 134 valence electrons. The first-order chi connectivity index (χ1) is 12.2. The Kier molecular flexibility index (Phi) is 8.55. The zero-order chi connectivity index (χ0) is 17.9. The van der Waals surface area contributed by atoms with Gasteiger partial charge in [0.1, 0.15) is 11.6 Å². The van der Waals surface area contributed by atoms with Crippen molar-refractivity contribution < 1.29 is 9.13 Å². The third kappa shape index (κ3) is 7.75. The van der Waals surface area contributed by atoms with Gasteiger partial charge in [-0.15, -0.1) is 0 Å². The first-order valence-corrected chi connectivity index (χ1v) is 9.83. The number of hydrogen-bond acceptors (Lipinski definition) is 3. The lowest BCUT2D eigenvalue weighted by atomic mass is 10.2. The Bertz CT molecular complexity index is 665. The predicted octanol–water partition coefficient (Wildman–Crippen LogP) is 4.83. The molecule has 0 bridgehead atoms. The average Bonchev–Trinajstić information content (AvgIpc) is 2.60. The van der Waals surface area contributed by atoms with Gasteiger partial charge in [0.25, 0.3) is 0 Å². The Balaban J connectivity index is 1.59. The fraction of sp³-hybridized carbons (Fsp3) is 0.316. The summed E-state index contributed by atoms with van der Waals surface area (Å²) in [5.74, 6) is 2.55. The second-order valence-electron chi connectivity index (χ2n) is 5.37. The molecule has 0 aliphatic rings. The van der Waals surface area contributed by atoms with Crippen molar-refractivity contribution >= 4 is 34.8 Å². The number of nitrogens with one attached hydrogen (secondary N) is 2. The Morgan fingerprint density at radius 1 is 1.20 bits per heavy atom. The van der Waals surface area contributed by atoms with Crippen molar-refractivity contribution in [1.29, 1.82) is 0 Å². The summed E-state index contributed by atoms with van der Waals surface area (Å²) < 4.78 is 18.3. The van der Waals surface area contributed by atoms with Crippen molar-refractivity contribution in [2.24, 2.45) is 0 Å². The van der Waals surface area contributed by atoms with Crippen LogP contribution >= 0.6 is 24.0 Å². The van der Waals surface area contributed by atoms with Crippen LogP contribution in [0.25, 0.3) is 0 Å². The van der Waals surface area contributed by atoms with Gasteiger partial charge in [-0.1, -0.05) is 18.2 Å². The molecule has 3 nitrogen and oxygen atoms in total. The summed E-state index contributed by atoms with van der Waals surface area (Å²) in [5, 5.41) is 6.97. The first-order valence-electron chi connectivity index (χ1n) is 8.27. The summed E-state index contributed by atoms with van der Waals surface area (Å²) in [6, 6.07) is 14.4. The highest BCUT2D eigenvalue weighted by molar-refractivity contribution is 7.98. The summed E-state index contributed by atoms with van der Waals surface area (Å²) in [7, 11) is 0. The molecule has 0 radical (unpaired) electrons. The van der Waals surface area contributed by atoms with Crippen molar-refractivity contribution in [2.45, 2.75) is 19.1 Å². The molecule has 2 aromatic rings. The van der Waals surface area contributed by atoms with Crippen LogP contribution in [-0.4, -0.2) is 24.0 Å². The number of rotatable bonds is 9. The third-order valence-electron chi connectivity index (χ3n) is 3.34. The monoisotopic (exact) mass is 378 g/mol. The van der Waals surface area contributed by atoms with E-state index in [1.807, 2.05) is 55.1 Å². The normalized spacial score (nSPS) is 10.3. The second kappa shape index (κ2) is 10.9. The Hall–Kier alpha value is -1.79. The van der Waals surface area contributed by atoms with Crippen LogP contribution in [0, 0.1) is 5.82 Å². The summed E-state index contributed by atoms with van der Waals surface area (Å²) >= 11 is 7.14. The summed E-state index contributed by atoms with van der Waals surface area (Å²) in [6.45, 7) is 3.41. The minimum absolute atomic E-state index is 0.189. The molecule has 0 saturated heterocycles. The molecule has 0 amide bonds. The SMILES string of the molecule is CCOc1cccc(NC(=S)NCCCSCc2ccc(F)cc2)c1. The molecule has 0 spiro atoms. The summed E-state index contributed by atoms with van der Waals surface area (Å²) in [6.07, 6.45) is 1.01. The van der Waals surface area contributed by atoms with Crippen molar-refractivity contribution in [1.82, 2.24) is 5.32 Å². The van der Waals surface area contributed by atoms with Gasteiger partial charge in [0.15, 0.2) is 5.11 Å². The number of halogens is 1. The lowest BCUT2D eigenvalue weighted by Gasteiger charge is -2.11. The van der Waals surface area contributed by atoms with Crippen molar-refractivity contribution in [2.75, 3.05) is 24.2 Å². The largest absolute Gasteiger partial charge is 0.494 e. The van der Waals surface area contributed by atoms with Crippen LogP contribution in [0.5, 0.6) is 5.75 Å². The summed E-state index contributed by atoms with van der Waals surface area (Å²) in [4.78, 5) is 0. The molecular formula is C19H23FN2OS2. The molecule has 6 heteroatoms. The van der Waals surface area contributed by atoms with Gasteiger partial charge in [0.2, 0.25) is 0 Å². The molecular weight excluding hydrogens is 355 g/mol. The molecule has 0 atom stereocenters. The van der Waals surface area contributed by atoms with Gasteiger partial charge in [-0.3, -0.25) is 0 Å². The fourth-order valence-corrected chi connectivity index (χ4v) is 3.29. The second-order valence-corrected chi connectivity index (χ2v) is 6.89. The highest BCUT2D eigenvalue weighted by atomic mass is 32.2. The number of benzene rings is 2. The zero-order valence-electron chi connectivity index (χ0n) is 14.3. The van der Waals surface area contributed by atoms with Gasteiger partial charge in [0, 0.05) is 24.1 Å². The number of anilines is 1. The van der Waals surface area contributed by atoms with E-state index >= 15 is 0 Å². The fourth-order valence-electron chi connectivity index (χ4n) is 2.15. The quantitative estimate of drug-likeness (QED) is 0.482. The van der Waals surface area contributed by atoms with Crippen LogP contribution in [0.15, 0.2) is 48.5 Å². The summed E-state index contributed by atoms with van der Waals surface area (Å²) in [5.41, 5.74) is 2.06. The Morgan fingerprint density at radius 3 is 2.76 bits per heavy atom. The van der Waals surface area contributed by atoms with Crippen molar-refractivity contribution in [3.63, 3.8) is 0 Å². The average molecular weight is 379 g/mol. The Labute approximate surface area is 158 Å².